The first-order valence-electron chi connectivity index (χ1n) is 13.8. The average Bonchev–Trinajstić information content (AvgIpc) is 2.93. The molecule has 0 amide bonds. The highest BCUT2D eigenvalue weighted by Crippen LogP contribution is 2.16. The monoisotopic (exact) mass is 505 g/mol. The molecule has 0 unspecified atom stereocenters. The van der Waals surface area contributed by atoms with Gasteiger partial charge in [-0.1, -0.05) is 102 Å². The third kappa shape index (κ3) is 12.5. The molecule has 0 aromatic heterocycles. The standard InChI is InChI=1S/C32H43NO4/c1-4-6-7-8-9-10-11-14-23-36-32(35)30-16-13-12-15-28(30)24-33-29-20-17-27(18-21-29)19-22-31(34)37-25-26(3)5-2/h12-13,15-22,24,26H,4-11,14,23,25H2,1-3H3/b22-19+,33-24?/t26-/m0/s1. The van der Waals surface area contributed by atoms with Crippen molar-refractivity contribution < 1.29 is 19.1 Å². The molecule has 2 aromatic rings. The molecule has 0 heterocycles. The van der Waals surface area contributed by atoms with Gasteiger partial charge in [-0.15, -0.1) is 0 Å². The second-order valence-corrected chi connectivity index (χ2v) is 9.52. The van der Waals surface area contributed by atoms with E-state index < -0.39 is 0 Å². The molecule has 1 atom stereocenters. The lowest BCUT2D eigenvalue weighted by atomic mass is 10.1. The molecule has 0 saturated carbocycles. The molecular formula is C32H43NO4. The Balaban J connectivity index is 1.82. The highest BCUT2D eigenvalue weighted by atomic mass is 16.5. The maximum atomic E-state index is 12.6. The fourth-order valence-corrected chi connectivity index (χ4v) is 3.64. The lowest BCUT2D eigenvalue weighted by Gasteiger charge is -2.07. The Morgan fingerprint density at radius 3 is 2.24 bits per heavy atom. The third-order valence-electron chi connectivity index (χ3n) is 6.28. The van der Waals surface area contributed by atoms with Gasteiger partial charge < -0.3 is 9.47 Å². The van der Waals surface area contributed by atoms with E-state index in [2.05, 4.69) is 25.8 Å². The molecule has 0 N–H and O–H groups in total. The van der Waals surface area contributed by atoms with Crippen LogP contribution in [-0.2, 0) is 14.3 Å². The molecule has 0 spiro atoms. The topological polar surface area (TPSA) is 65.0 Å². The fraction of sp³-hybridized carbons (Fsp3) is 0.469. The maximum absolute atomic E-state index is 12.6. The van der Waals surface area contributed by atoms with Crippen LogP contribution >= 0.6 is 0 Å². The van der Waals surface area contributed by atoms with Gasteiger partial charge in [0.1, 0.15) is 0 Å². The summed E-state index contributed by atoms with van der Waals surface area (Å²) in [5, 5.41) is 0. The van der Waals surface area contributed by atoms with Gasteiger partial charge >= 0.3 is 11.9 Å². The van der Waals surface area contributed by atoms with Gasteiger partial charge in [0.2, 0.25) is 0 Å². The summed E-state index contributed by atoms with van der Waals surface area (Å²) in [5.41, 5.74) is 2.86. The number of hydrogen-bond donors (Lipinski definition) is 0. The van der Waals surface area contributed by atoms with Crippen molar-refractivity contribution in [1.29, 1.82) is 0 Å². The highest BCUT2D eigenvalue weighted by Gasteiger charge is 2.11. The van der Waals surface area contributed by atoms with Crippen LogP contribution in [0.2, 0.25) is 0 Å². The van der Waals surface area contributed by atoms with Crippen molar-refractivity contribution in [2.24, 2.45) is 10.9 Å². The Kier molecular flexibility index (Phi) is 14.7. The van der Waals surface area contributed by atoms with E-state index in [1.165, 1.54) is 44.6 Å². The molecule has 0 fully saturated rings. The zero-order valence-electron chi connectivity index (χ0n) is 22.8. The molecule has 2 rings (SSSR count). The van der Waals surface area contributed by atoms with Crippen molar-refractivity contribution in [2.45, 2.75) is 78.6 Å². The van der Waals surface area contributed by atoms with Crippen molar-refractivity contribution in [1.82, 2.24) is 0 Å². The fourth-order valence-electron chi connectivity index (χ4n) is 3.64. The van der Waals surface area contributed by atoms with Crippen LogP contribution < -0.4 is 0 Å². The van der Waals surface area contributed by atoms with Gasteiger partial charge in [0.05, 0.1) is 24.5 Å². The molecule has 2 aromatic carbocycles. The molecule has 0 bridgehead atoms. The molecule has 5 heteroatoms. The number of nitrogens with zero attached hydrogens (tertiary/aromatic N) is 1. The molecule has 0 aliphatic rings. The summed E-state index contributed by atoms with van der Waals surface area (Å²) in [5.74, 6) is -0.296. The number of esters is 2. The zero-order chi connectivity index (χ0) is 26.7. The molecule has 0 aliphatic carbocycles. The highest BCUT2D eigenvalue weighted by molar-refractivity contribution is 5.99. The van der Waals surface area contributed by atoms with Crippen LogP contribution in [0.15, 0.2) is 59.6 Å². The molecular weight excluding hydrogens is 462 g/mol. The van der Waals surface area contributed by atoms with Crippen molar-refractivity contribution >= 4 is 29.9 Å². The Hall–Kier alpha value is -3.21. The van der Waals surface area contributed by atoms with Crippen LogP contribution in [0, 0.1) is 5.92 Å². The first-order valence-corrected chi connectivity index (χ1v) is 13.8. The predicted octanol–water partition coefficient (Wildman–Crippen LogP) is 8.34. The lowest BCUT2D eigenvalue weighted by molar-refractivity contribution is -0.138. The molecule has 200 valence electrons. The minimum atomic E-state index is -0.340. The zero-order valence-corrected chi connectivity index (χ0v) is 22.8. The van der Waals surface area contributed by atoms with E-state index in [0.717, 1.165) is 36.1 Å². The Morgan fingerprint density at radius 2 is 1.54 bits per heavy atom. The van der Waals surface area contributed by atoms with Crippen LogP contribution in [-0.4, -0.2) is 31.4 Å². The molecule has 5 nitrogen and oxygen atoms in total. The first-order chi connectivity index (χ1) is 18.0. The van der Waals surface area contributed by atoms with Crippen molar-refractivity contribution in [2.75, 3.05) is 13.2 Å². The number of benzene rings is 2. The molecule has 0 saturated heterocycles. The number of unbranched alkanes of at least 4 members (excludes halogenated alkanes) is 7. The lowest BCUT2D eigenvalue weighted by Crippen LogP contribution is -2.09. The quantitative estimate of drug-likeness (QED) is 0.0938. The van der Waals surface area contributed by atoms with Crippen molar-refractivity contribution in [3.05, 3.63) is 71.3 Å². The summed E-state index contributed by atoms with van der Waals surface area (Å²) in [6, 6.07) is 14.8. The van der Waals surface area contributed by atoms with Gasteiger partial charge in [-0.05, 0) is 42.2 Å². The van der Waals surface area contributed by atoms with Crippen LogP contribution in [0.1, 0.15) is 100 Å². The largest absolute Gasteiger partial charge is 0.462 e. The van der Waals surface area contributed by atoms with E-state index in [4.69, 9.17) is 9.47 Å². The first kappa shape index (κ1) is 30.0. The molecule has 0 aliphatic heterocycles. The SMILES string of the molecule is CCCCCCCCCCOC(=O)c1ccccc1C=Nc1ccc(/C=C/C(=O)OC[C@@H](C)CC)cc1. The predicted molar refractivity (Wildman–Crippen MR) is 152 cm³/mol. The van der Waals surface area contributed by atoms with Crippen LogP contribution in [0.25, 0.3) is 6.08 Å². The van der Waals surface area contributed by atoms with E-state index in [9.17, 15) is 9.59 Å². The van der Waals surface area contributed by atoms with E-state index >= 15 is 0 Å². The Morgan fingerprint density at radius 1 is 0.865 bits per heavy atom. The maximum Gasteiger partial charge on any atom is 0.338 e. The normalized spacial score (nSPS) is 12.2. The van der Waals surface area contributed by atoms with E-state index in [0.29, 0.717) is 24.7 Å². The summed E-state index contributed by atoms with van der Waals surface area (Å²) in [6.07, 6.45) is 15.5. The molecule has 0 radical (unpaired) electrons. The number of ether oxygens (including phenoxy) is 2. The van der Waals surface area contributed by atoms with Crippen molar-refractivity contribution in [3.8, 4) is 0 Å². The van der Waals surface area contributed by atoms with Crippen LogP contribution in [0.3, 0.4) is 0 Å². The summed E-state index contributed by atoms with van der Waals surface area (Å²) in [7, 11) is 0. The number of rotatable bonds is 17. The number of aliphatic imine (C=N–C) groups is 1. The van der Waals surface area contributed by atoms with E-state index in [1.807, 2.05) is 42.5 Å². The second kappa shape index (κ2) is 18.1. The summed E-state index contributed by atoms with van der Waals surface area (Å²) in [6.45, 7) is 7.23. The van der Waals surface area contributed by atoms with Crippen LogP contribution in [0.5, 0.6) is 0 Å². The summed E-state index contributed by atoms with van der Waals surface area (Å²) in [4.78, 5) is 29.0. The smallest absolute Gasteiger partial charge is 0.338 e. The second-order valence-electron chi connectivity index (χ2n) is 9.52. The van der Waals surface area contributed by atoms with Crippen molar-refractivity contribution in [3.63, 3.8) is 0 Å². The summed E-state index contributed by atoms with van der Waals surface area (Å²) < 4.78 is 10.7. The number of hydrogen-bond acceptors (Lipinski definition) is 5. The van der Waals surface area contributed by atoms with Crippen LogP contribution in [0.4, 0.5) is 5.69 Å². The van der Waals surface area contributed by atoms with Gasteiger partial charge in [-0.2, -0.15) is 0 Å². The molecule has 37 heavy (non-hydrogen) atoms. The number of carbonyl (C=O) groups excluding carboxylic acids is 2. The van der Waals surface area contributed by atoms with Gasteiger partial charge in [0.15, 0.2) is 0 Å². The van der Waals surface area contributed by atoms with Gasteiger partial charge in [-0.25, -0.2) is 9.59 Å². The van der Waals surface area contributed by atoms with Gasteiger partial charge in [0, 0.05) is 17.9 Å². The third-order valence-corrected chi connectivity index (χ3v) is 6.28. The minimum absolute atomic E-state index is 0.314. The van der Waals surface area contributed by atoms with E-state index in [1.54, 1.807) is 18.4 Å². The van der Waals surface area contributed by atoms with E-state index in [-0.39, 0.29) is 11.9 Å². The number of carbonyl (C=O) groups is 2. The van der Waals surface area contributed by atoms with Gasteiger partial charge in [-0.3, -0.25) is 4.99 Å². The van der Waals surface area contributed by atoms with Gasteiger partial charge in [0.25, 0.3) is 0 Å². The minimum Gasteiger partial charge on any atom is -0.462 e. The average molecular weight is 506 g/mol. The Bertz CT molecular complexity index is 994. The summed E-state index contributed by atoms with van der Waals surface area (Å²) >= 11 is 0. The Labute approximate surface area is 223 Å².